The molecule has 2 aromatic rings. The van der Waals surface area contributed by atoms with Crippen LogP contribution < -0.4 is 5.32 Å². The zero-order valence-electron chi connectivity index (χ0n) is 12.1. The van der Waals surface area contributed by atoms with E-state index < -0.39 is 5.97 Å². The average molecular weight is 281 g/mol. The molecule has 0 saturated carbocycles. The summed E-state index contributed by atoms with van der Waals surface area (Å²) in [6, 6.07) is 13.8. The molecule has 3 nitrogen and oxygen atoms in total. The molecule has 1 aliphatic rings. The minimum Gasteiger partial charge on any atom is -0.478 e. The SMILES string of the molecule is CC(Nc1cccc(C(=O)O)c1)c1ccc2c(c1)CCC2. The lowest BCUT2D eigenvalue weighted by Crippen LogP contribution is -2.08. The molecule has 0 heterocycles. The Labute approximate surface area is 124 Å². The van der Waals surface area contributed by atoms with Gasteiger partial charge in [-0.2, -0.15) is 0 Å². The van der Waals surface area contributed by atoms with Gasteiger partial charge in [-0.1, -0.05) is 24.3 Å². The smallest absolute Gasteiger partial charge is 0.335 e. The Kier molecular flexibility index (Phi) is 3.65. The maximum absolute atomic E-state index is 11.0. The zero-order chi connectivity index (χ0) is 14.8. The third kappa shape index (κ3) is 2.92. The summed E-state index contributed by atoms with van der Waals surface area (Å²) in [4.78, 5) is 11.0. The summed E-state index contributed by atoms with van der Waals surface area (Å²) >= 11 is 0. The average Bonchev–Trinajstić information content (AvgIpc) is 2.94. The van der Waals surface area contributed by atoms with Crippen molar-refractivity contribution in [1.82, 2.24) is 0 Å². The van der Waals surface area contributed by atoms with Crippen LogP contribution in [0.3, 0.4) is 0 Å². The third-order valence-electron chi connectivity index (χ3n) is 4.12. The Hall–Kier alpha value is -2.29. The van der Waals surface area contributed by atoms with Gasteiger partial charge in [-0.05, 0) is 61.1 Å². The van der Waals surface area contributed by atoms with Crippen LogP contribution in [0.1, 0.15) is 46.4 Å². The van der Waals surface area contributed by atoms with E-state index in [1.165, 1.54) is 36.0 Å². The fourth-order valence-electron chi connectivity index (χ4n) is 2.94. The van der Waals surface area contributed by atoms with Crippen LogP contribution in [0.2, 0.25) is 0 Å². The first kappa shape index (κ1) is 13.7. The standard InChI is InChI=1S/C18H19NO2/c1-12(14-9-8-13-4-2-5-15(13)10-14)19-17-7-3-6-16(11-17)18(20)21/h3,6-12,19H,2,4-5H2,1H3,(H,20,21). The molecule has 108 valence electrons. The van der Waals surface area contributed by atoms with Crippen molar-refractivity contribution in [2.24, 2.45) is 0 Å². The number of anilines is 1. The van der Waals surface area contributed by atoms with E-state index >= 15 is 0 Å². The maximum atomic E-state index is 11.0. The van der Waals surface area contributed by atoms with Gasteiger partial charge in [0.05, 0.1) is 5.56 Å². The highest BCUT2D eigenvalue weighted by Gasteiger charge is 2.13. The van der Waals surface area contributed by atoms with E-state index in [-0.39, 0.29) is 6.04 Å². The lowest BCUT2D eigenvalue weighted by molar-refractivity contribution is 0.0697. The van der Waals surface area contributed by atoms with Crippen molar-refractivity contribution in [2.45, 2.75) is 32.2 Å². The second-order valence-corrected chi connectivity index (χ2v) is 5.63. The van der Waals surface area contributed by atoms with Crippen molar-refractivity contribution >= 4 is 11.7 Å². The molecule has 0 fully saturated rings. The van der Waals surface area contributed by atoms with Crippen molar-refractivity contribution < 1.29 is 9.90 Å². The Bertz CT molecular complexity index is 679. The summed E-state index contributed by atoms with van der Waals surface area (Å²) in [6.07, 6.45) is 3.61. The summed E-state index contributed by atoms with van der Waals surface area (Å²) in [5.41, 5.74) is 5.32. The van der Waals surface area contributed by atoms with Gasteiger partial charge >= 0.3 is 5.97 Å². The number of hydrogen-bond donors (Lipinski definition) is 2. The highest BCUT2D eigenvalue weighted by Crippen LogP contribution is 2.27. The van der Waals surface area contributed by atoms with Crippen LogP contribution in [0.5, 0.6) is 0 Å². The molecule has 2 N–H and O–H groups in total. The Morgan fingerprint density at radius 1 is 1.14 bits per heavy atom. The number of fused-ring (bicyclic) bond motifs is 1. The van der Waals surface area contributed by atoms with Gasteiger partial charge in [0.25, 0.3) is 0 Å². The predicted octanol–water partition coefficient (Wildman–Crippen LogP) is 4.05. The molecule has 0 spiro atoms. The van der Waals surface area contributed by atoms with Crippen LogP contribution >= 0.6 is 0 Å². The van der Waals surface area contributed by atoms with Gasteiger partial charge in [-0.3, -0.25) is 0 Å². The highest BCUT2D eigenvalue weighted by atomic mass is 16.4. The molecule has 3 heteroatoms. The van der Waals surface area contributed by atoms with E-state index in [1.807, 2.05) is 6.07 Å². The first-order valence-corrected chi connectivity index (χ1v) is 7.35. The molecule has 21 heavy (non-hydrogen) atoms. The largest absolute Gasteiger partial charge is 0.478 e. The molecular weight excluding hydrogens is 262 g/mol. The number of carboxylic acid groups (broad SMARTS) is 1. The second-order valence-electron chi connectivity index (χ2n) is 5.63. The van der Waals surface area contributed by atoms with Gasteiger partial charge in [0.1, 0.15) is 0 Å². The minimum atomic E-state index is -0.899. The Morgan fingerprint density at radius 3 is 2.76 bits per heavy atom. The fraction of sp³-hybridized carbons (Fsp3) is 0.278. The molecule has 3 rings (SSSR count). The molecular formula is C18H19NO2. The monoisotopic (exact) mass is 281 g/mol. The number of aryl methyl sites for hydroxylation is 2. The lowest BCUT2D eigenvalue weighted by atomic mass is 10.0. The zero-order valence-corrected chi connectivity index (χ0v) is 12.1. The first-order valence-electron chi connectivity index (χ1n) is 7.35. The molecule has 0 aromatic heterocycles. The van der Waals surface area contributed by atoms with Gasteiger partial charge in [0, 0.05) is 11.7 Å². The summed E-state index contributed by atoms with van der Waals surface area (Å²) in [7, 11) is 0. The van der Waals surface area contributed by atoms with Crippen molar-refractivity contribution in [2.75, 3.05) is 5.32 Å². The number of hydrogen-bond acceptors (Lipinski definition) is 2. The second kappa shape index (κ2) is 5.60. The van der Waals surface area contributed by atoms with E-state index in [0.717, 1.165) is 5.69 Å². The van der Waals surface area contributed by atoms with Crippen molar-refractivity contribution in [3.05, 3.63) is 64.7 Å². The van der Waals surface area contributed by atoms with E-state index in [0.29, 0.717) is 5.56 Å². The van der Waals surface area contributed by atoms with Crippen molar-refractivity contribution in [3.8, 4) is 0 Å². The van der Waals surface area contributed by atoms with Crippen LogP contribution in [0.15, 0.2) is 42.5 Å². The number of nitrogens with one attached hydrogen (secondary N) is 1. The number of aromatic carboxylic acids is 1. The van der Waals surface area contributed by atoms with Crippen LogP contribution in [-0.4, -0.2) is 11.1 Å². The van der Waals surface area contributed by atoms with Crippen LogP contribution in [0, 0.1) is 0 Å². The number of carbonyl (C=O) groups is 1. The summed E-state index contributed by atoms with van der Waals surface area (Å²) in [5.74, 6) is -0.899. The van der Waals surface area contributed by atoms with Crippen LogP contribution in [0.4, 0.5) is 5.69 Å². The molecule has 0 aliphatic heterocycles. The minimum absolute atomic E-state index is 0.153. The molecule has 0 amide bonds. The van der Waals surface area contributed by atoms with E-state index in [9.17, 15) is 4.79 Å². The van der Waals surface area contributed by atoms with Crippen molar-refractivity contribution in [1.29, 1.82) is 0 Å². The molecule has 0 saturated heterocycles. The lowest BCUT2D eigenvalue weighted by Gasteiger charge is -2.17. The van der Waals surface area contributed by atoms with E-state index in [2.05, 4.69) is 30.4 Å². The highest BCUT2D eigenvalue weighted by molar-refractivity contribution is 5.88. The molecule has 1 aliphatic carbocycles. The molecule has 2 aromatic carbocycles. The van der Waals surface area contributed by atoms with Crippen LogP contribution in [-0.2, 0) is 12.8 Å². The summed E-state index contributed by atoms with van der Waals surface area (Å²) in [5, 5.41) is 12.4. The van der Waals surface area contributed by atoms with Crippen LogP contribution in [0.25, 0.3) is 0 Å². The molecule has 0 radical (unpaired) electrons. The predicted molar refractivity (Wildman–Crippen MR) is 83.9 cm³/mol. The summed E-state index contributed by atoms with van der Waals surface area (Å²) in [6.45, 7) is 2.10. The number of benzene rings is 2. The number of carboxylic acids is 1. The van der Waals surface area contributed by atoms with Gasteiger partial charge in [0.15, 0.2) is 0 Å². The van der Waals surface area contributed by atoms with E-state index in [4.69, 9.17) is 5.11 Å². The van der Waals surface area contributed by atoms with Gasteiger partial charge in [0.2, 0.25) is 0 Å². The topological polar surface area (TPSA) is 49.3 Å². The normalized spacial score (nSPS) is 14.5. The molecule has 1 atom stereocenters. The first-order chi connectivity index (χ1) is 10.1. The molecule has 1 unspecified atom stereocenters. The van der Waals surface area contributed by atoms with Gasteiger partial charge < -0.3 is 10.4 Å². The Morgan fingerprint density at radius 2 is 1.95 bits per heavy atom. The van der Waals surface area contributed by atoms with E-state index in [1.54, 1.807) is 18.2 Å². The number of rotatable bonds is 4. The fourth-order valence-corrected chi connectivity index (χ4v) is 2.94. The Balaban J connectivity index is 1.78. The van der Waals surface area contributed by atoms with Gasteiger partial charge in [-0.25, -0.2) is 4.79 Å². The maximum Gasteiger partial charge on any atom is 0.335 e. The van der Waals surface area contributed by atoms with Gasteiger partial charge in [-0.15, -0.1) is 0 Å². The third-order valence-corrected chi connectivity index (χ3v) is 4.12. The molecule has 0 bridgehead atoms. The summed E-state index contributed by atoms with van der Waals surface area (Å²) < 4.78 is 0. The quantitative estimate of drug-likeness (QED) is 0.889. The van der Waals surface area contributed by atoms with Crippen molar-refractivity contribution in [3.63, 3.8) is 0 Å².